The number of piperidine rings is 1. The van der Waals surface area contributed by atoms with Crippen molar-refractivity contribution in [2.45, 2.75) is 77.7 Å². The number of H-pyrrole nitrogens is 2. The summed E-state index contributed by atoms with van der Waals surface area (Å²) in [5.74, 6) is -2.93. The molecule has 18 nitrogen and oxygen atoms in total. The fraction of sp³-hybridized carbons (Fsp3) is 0.424. The first kappa shape index (κ1) is 56.8. The number of ketones is 1. The Bertz CT molecular complexity index is 3590. The Labute approximate surface area is 478 Å². The number of alkyl halides is 1. The molecule has 4 aromatic heterocycles. The number of carbonyl (C=O) groups is 3. The minimum absolute atomic E-state index is 0.00215. The number of rotatable bonds is 16. The lowest BCUT2D eigenvalue weighted by molar-refractivity contribution is -0.141. The molecule has 4 aliphatic heterocycles. The number of nitrogens with zero attached hydrogens (tertiary/aromatic N) is 8. The highest BCUT2D eigenvalue weighted by Gasteiger charge is 2.44. The highest BCUT2D eigenvalue weighted by atomic mass is 32.2. The molecule has 23 heteroatoms. The number of fused-ring (bicyclic) bond motifs is 1. The quantitative estimate of drug-likeness (QED) is 0.0583. The number of carbonyl (C=O) groups excluding carboxylic acids is 3. The number of thiazole rings is 1. The fourth-order valence-electron chi connectivity index (χ4n) is 11.7. The lowest BCUT2D eigenvalue weighted by atomic mass is 9.85. The van der Waals surface area contributed by atoms with E-state index < -0.39 is 75.2 Å². The van der Waals surface area contributed by atoms with Gasteiger partial charge in [0, 0.05) is 106 Å². The Morgan fingerprint density at radius 1 is 0.841 bits per heavy atom. The van der Waals surface area contributed by atoms with Gasteiger partial charge in [0.2, 0.25) is 17.6 Å². The second kappa shape index (κ2) is 23.3. The Morgan fingerprint density at radius 3 is 2.23 bits per heavy atom. The van der Waals surface area contributed by atoms with Crippen LogP contribution in [0.25, 0.3) is 43.9 Å². The van der Waals surface area contributed by atoms with Gasteiger partial charge >= 0.3 is 10.2 Å². The zero-order chi connectivity index (χ0) is 57.6. The molecule has 0 saturated carbocycles. The summed E-state index contributed by atoms with van der Waals surface area (Å²) >= 11 is 1.60. The van der Waals surface area contributed by atoms with Gasteiger partial charge in [-0.3, -0.25) is 24.0 Å². The number of β-amino-alcohol motifs (C(OH)–C–C–N with tert-alkyl or cyclic N) is 1. The van der Waals surface area contributed by atoms with Gasteiger partial charge in [-0.05, 0) is 84.5 Å². The van der Waals surface area contributed by atoms with Crippen molar-refractivity contribution >= 4 is 61.6 Å². The van der Waals surface area contributed by atoms with Crippen LogP contribution in [0.15, 0.2) is 90.8 Å². The number of likely N-dealkylation sites (tertiary alicyclic amines) is 1. The molecule has 432 valence electrons. The summed E-state index contributed by atoms with van der Waals surface area (Å²) in [7, 11) is -4.37. The van der Waals surface area contributed by atoms with Gasteiger partial charge in [0.05, 0.1) is 57.9 Å². The van der Waals surface area contributed by atoms with Gasteiger partial charge in [-0.1, -0.05) is 57.2 Å². The fourth-order valence-corrected chi connectivity index (χ4v) is 13.8. The number of piperazine rings is 1. The van der Waals surface area contributed by atoms with Crippen LogP contribution in [0.4, 0.5) is 24.5 Å². The molecule has 0 bridgehead atoms. The van der Waals surface area contributed by atoms with Crippen molar-refractivity contribution in [2.24, 2.45) is 11.3 Å². The number of aryl methyl sites for hydroxylation is 1. The number of nitrogens with one attached hydrogen (secondary N) is 4. The summed E-state index contributed by atoms with van der Waals surface area (Å²) in [4.78, 5) is 71.7. The third-order valence-corrected chi connectivity index (χ3v) is 18.9. The molecule has 82 heavy (non-hydrogen) atoms. The number of pyridine rings is 1. The standard InChI is InChI=1S/C59H67F3N12O6S2/c1-35-54(81-34-66-35)39-7-5-38(6-8-39)48-29-65-57(67-48)49-26-43(75)32-74(49)58(78)55(59(2,3)4)68-50(76)33-71-23-21-70(22-24-71)30-36-15-18-72(19-16-36)42-11-9-37(10-12-42)40-25-44-45(28-64-56(44)63-27-40)53(77)51-46(61)13-14-47(52(51)62)69-82(79,80)73-20-17-41(60)31-73/h5-14,25,27-29,34,36,41,43,49,55,69,75H,15-24,26,30-33H2,1-4H3,(H,63,64)(H,65,67)(H,68,76)/t41-,43-,49+,55?/m1/s1. The summed E-state index contributed by atoms with van der Waals surface area (Å²) in [5.41, 5.74) is 6.31. The van der Waals surface area contributed by atoms with Gasteiger partial charge in [-0.25, -0.2) is 28.1 Å². The molecular formula is C59H67F3N12O6S2. The van der Waals surface area contributed by atoms with Crippen LogP contribution in [0.5, 0.6) is 0 Å². The second-order valence-corrected chi connectivity index (χ2v) is 25.7. The van der Waals surface area contributed by atoms with Gasteiger partial charge in [0.1, 0.15) is 29.5 Å². The van der Waals surface area contributed by atoms with Crippen molar-refractivity contribution in [1.82, 2.24) is 49.2 Å². The summed E-state index contributed by atoms with van der Waals surface area (Å²) in [5, 5.41) is 14.3. The topological polar surface area (TPSA) is 216 Å². The molecule has 0 radical (unpaired) electrons. The number of anilines is 2. The van der Waals surface area contributed by atoms with E-state index in [2.05, 4.69) is 57.1 Å². The number of aliphatic hydroxyl groups is 1. The summed E-state index contributed by atoms with van der Waals surface area (Å²) < 4.78 is 73.5. The van der Waals surface area contributed by atoms with Crippen LogP contribution in [-0.2, 0) is 19.8 Å². The number of halogens is 3. The van der Waals surface area contributed by atoms with E-state index in [4.69, 9.17) is 0 Å². The van der Waals surface area contributed by atoms with Crippen molar-refractivity contribution in [3.63, 3.8) is 0 Å². The van der Waals surface area contributed by atoms with Gasteiger partial charge in [-0.15, -0.1) is 11.3 Å². The van der Waals surface area contributed by atoms with Crippen LogP contribution in [-0.4, -0.2) is 165 Å². The largest absolute Gasteiger partial charge is 0.391 e. The third-order valence-electron chi connectivity index (χ3n) is 16.4. The van der Waals surface area contributed by atoms with Crippen molar-refractivity contribution < 1.29 is 41.1 Å². The first-order valence-electron chi connectivity index (χ1n) is 27.8. The van der Waals surface area contributed by atoms with Crippen LogP contribution >= 0.6 is 11.3 Å². The smallest absolute Gasteiger partial charge is 0.301 e. The average Bonchev–Trinajstić information content (AvgIpc) is 4.37. The number of aromatic amines is 2. The van der Waals surface area contributed by atoms with Crippen molar-refractivity contribution in [1.29, 1.82) is 0 Å². The van der Waals surface area contributed by atoms with Crippen LogP contribution in [0.3, 0.4) is 0 Å². The van der Waals surface area contributed by atoms with Gasteiger partial charge in [-0.2, -0.15) is 12.7 Å². The average molecular weight is 1160 g/mol. The third kappa shape index (κ3) is 12.1. The maximum atomic E-state index is 15.8. The van der Waals surface area contributed by atoms with Crippen LogP contribution in [0, 0.1) is 29.9 Å². The number of imidazole rings is 1. The van der Waals surface area contributed by atoms with Crippen LogP contribution in [0.2, 0.25) is 0 Å². The lowest BCUT2D eigenvalue weighted by Gasteiger charge is -2.39. The molecule has 0 aliphatic carbocycles. The molecule has 11 rings (SSSR count). The Kier molecular flexibility index (Phi) is 16.2. The molecule has 4 saturated heterocycles. The van der Waals surface area contributed by atoms with E-state index in [9.17, 15) is 32.3 Å². The molecule has 3 aromatic carbocycles. The van der Waals surface area contributed by atoms with E-state index in [0.29, 0.717) is 34.8 Å². The number of aromatic nitrogens is 5. The monoisotopic (exact) mass is 1160 g/mol. The zero-order valence-corrected chi connectivity index (χ0v) is 47.8. The Balaban J connectivity index is 0.647. The predicted octanol–water partition coefficient (Wildman–Crippen LogP) is 7.96. The normalized spacial score (nSPS) is 20.2. The summed E-state index contributed by atoms with van der Waals surface area (Å²) in [6, 6.07) is 18.3. The van der Waals surface area contributed by atoms with E-state index in [1.807, 2.05) is 74.3 Å². The van der Waals surface area contributed by atoms with Crippen molar-refractivity contribution in [2.75, 3.05) is 81.6 Å². The molecule has 7 aromatic rings. The number of amides is 2. The van der Waals surface area contributed by atoms with Crippen molar-refractivity contribution in [3.8, 4) is 32.8 Å². The Morgan fingerprint density at radius 2 is 1.55 bits per heavy atom. The molecule has 4 aliphatic rings. The van der Waals surface area contributed by atoms with E-state index in [1.54, 1.807) is 34.7 Å². The zero-order valence-electron chi connectivity index (χ0n) is 46.2. The van der Waals surface area contributed by atoms with E-state index in [-0.39, 0.29) is 43.4 Å². The maximum Gasteiger partial charge on any atom is 0.301 e. The minimum Gasteiger partial charge on any atom is -0.391 e. The second-order valence-electron chi connectivity index (χ2n) is 23.1. The molecule has 5 N–H and O–H groups in total. The van der Waals surface area contributed by atoms with E-state index in [0.717, 1.165) is 114 Å². The molecular weight excluding hydrogens is 1090 g/mol. The molecule has 4 fully saturated rings. The summed E-state index contributed by atoms with van der Waals surface area (Å²) in [6.07, 6.45) is 4.99. The van der Waals surface area contributed by atoms with Crippen LogP contribution in [0.1, 0.15) is 79.9 Å². The van der Waals surface area contributed by atoms with Gasteiger partial charge in [0.15, 0.2) is 5.82 Å². The van der Waals surface area contributed by atoms with Crippen molar-refractivity contribution in [3.05, 3.63) is 125 Å². The van der Waals surface area contributed by atoms with E-state index >= 15 is 8.78 Å². The highest BCUT2D eigenvalue weighted by Crippen LogP contribution is 2.37. The first-order chi connectivity index (χ1) is 39.3. The first-order valence-corrected chi connectivity index (χ1v) is 30.1. The predicted molar refractivity (Wildman–Crippen MR) is 309 cm³/mol. The lowest BCUT2D eigenvalue weighted by Crippen LogP contribution is -2.57. The van der Waals surface area contributed by atoms with Crippen LogP contribution < -0.4 is 14.9 Å². The molecule has 0 spiro atoms. The number of benzene rings is 3. The maximum absolute atomic E-state index is 15.8. The molecule has 4 atom stereocenters. The van der Waals surface area contributed by atoms with E-state index in [1.165, 1.54) is 6.20 Å². The Hall–Kier alpha value is -7.02. The van der Waals surface area contributed by atoms with Gasteiger partial charge in [0.25, 0.3) is 0 Å². The number of aliphatic hydroxyl groups excluding tert-OH is 1. The molecule has 8 heterocycles. The molecule has 1 unspecified atom stereocenters. The van der Waals surface area contributed by atoms with Gasteiger partial charge < -0.3 is 35.1 Å². The summed E-state index contributed by atoms with van der Waals surface area (Å²) in [6.45, 7) is 13.5. The molecule has 2 amide bonds. The minimum atomic E-state index is -4.37. The SMILES string of the molecule is Cc1ncsc1-c1ccc(-c2cnc([C@@H]3C[C@@H](O)CN3C(=O)C(NC(=O)CN3CCN(CC4CCN(c5ccc(-c6cnc7[nH]cc(C(=O)c8c(F)ccc(NS(=O)(=O)N9CC[C@@H](F)C9)c8F)c7c6)cc5)CC4)CC3)C(C)(C)C)[nH]2)cc1. The highest BCUT2D eigenvalue weighted by molar-refractivity contribution is 7.90. The number of hydrogen-bond acceptors (Lipinski definition) is 13. The number of hydrogen-bond donors (Lipinski definition) is 5.